The molecule has 1 saturated heterocycles. The van der Waals surface area contributed by atoms with Gasteiger partial charge in [0.05, 0.1) is 5.60 Å². The number of fused-ring (bicyclic) bond motifs is 1. The Morgan fingerprint density at radius 1 is 1.38 bits per heavy atom. The first kappa shape index (κ1) is 19.0. The highest BCUT2D eigenvalue weighted by molar-refractivity contribution is 5.83. The molecule has 142 valence electrons. The van der Waals surface area contributed by atoms with Gasteiger partial charge in [-0.1, -0.05) is 32.0 Å². The molecule has 2 heterocycles. The smallest absolute Gasteiger partial charge is 0.222 e. The van der Waals surface area contributed by atoms with E-state index in [0.29, 0.717) is 31.8 Å². The van der Waals surface area contributed by atoms with Gasteiger partial charge in [0.15, 0.2) is 0 Å². The number of para-hydroxylation sites is 1. The Kier molecular flexibility index (Phi) is 5.71. The second-order valence-corrected chi connectivity index (χ2v) is 8.49. The number of piperidine rings is 1. The Morgan fingerprint density at radius 3 is 2.92 bits per heavy atom. The first-order valence-corrected chi connectivity index (χ1v) is 9.92. The van der Waals surface area contributed by atoms with E-state index in [1.54, 1.807) is 0 Å². The number of rotatable bonds is 6. The maximum absolute atomic E-state index is 12.7. The second kappa shape index (κ2) is 7.83. The number of aryl methyl sites for hydroxylation is 1. The van der Waals surface area contributed by atoms with E-state index in [1.807, 2.05) is 17.9 Å². The maximum atomic E-state index is 12.7. The molecule has 2 N–H and O–H groups in total. The van der Waals surface area contributed by atoms with Crippen LogP contribution in [0.5, 0.6) is 0 Å². The molecule has 1 aromatic carbocycles. The average Bonchev–Trinajstić information content (AvgIpc) is 2.99. The summed E-state index contributed by atoms with van der Waals surface area (Å²) in [6.45, 7) is 7.65. The molecule has 1 fully saturated rings. The molecule has 3 rings (SSSR count). The third kappa shape index (κ3) is 4.29. The highest BCUT2D eigenvalue weighted by atomic mass is 16.3. The lowest BCUT2D eigenvalue weighted by molar-refractivity contribution is -0.139. The number of nitrogens with one attached hydrogen (secondary N) is 1. The molecule has 26 heavy (non-hydrogen) atoms. The molecule has 4 nitrogen and oxygen atoms in total. The van der Waals surface area contributed by atoms with Crippen molar-refractivity contribution in [2.24, 2.45) is 11.8 Å². The number of benzene rings is 1. The minimum absolute atomic E-state index is 0.175. The molecule has 0 unspecified atom stereocenters. The van der Waals surface area contributed by atoms with Crippen LogP contribution in [0.25, 0.3) is 10.9 Å². The molecule has 4 heteroatoms. The quantitative estimate of drug-likeness (QED) is 0.817. The summed E-state index contributed by atoms with van der Waals surface area (Å²) in [5, 5.41) is 11.9. The second-order valence-electron chi connectivity index (χ2n) is 8.49. The van der Waals surface area contributed by atoms with E-state index in [2.05, 4.69) is 43.2 Å². The van der Waals surface area contributed by atoms with Gasteiger partial charge in [-0.15, -0.1) is 0 Å². The van der Waals surface area contributed by atoms with E-state index in [0.717, 1.165) is 24.8 Å². The summed E-state index contributed by atoms with van der Waals surface area (Å²) in [5.41, 5.74) is 1.79. The third-order valence-electron chi connectivity index (χ3n) is 5.83. The normalized spacial score (nSPS) is 23.7. The van der Waals surface area contributed by atoms with Crippen LogP contribution in [0.15, 0.2) is 30.5 Å². The van der Waals surface area contributed by atoms with Crippen LogP contribution in [-0.4, -0.2) is 39.6 Å². The van der Waals surface area contributed by atoms with E-state index in [-0.39, 0.29) is 11.8 Å². The predicted molar refractivity (Wildman–Crippen MR) is 106 cm³/mol. The van der Waals surface area contributed by atoms with Crippen molar-refractivity contribution in [1.29, 1.82) is 0 Å². The van der Waals surface area contributed by atoms with Gasteiger partial charge in [0, 0.05) is 42.5 Å². The van der Waals surface area contributed by atoms with Crippen LogP contribution < -0.4 is 0 Å². The Labute approximate surface area is 156 Å². The Hall–Kier alpha value is -1.81. The van der Waals surface area contributed by atoms with Gasteiger partial charge >= 0.3 is 0 Å². The first-order valence-electron chi connectivity index (χ1n) is 9.92. The molecular formula is C22H32N2O2. The van der Waals surface area contributed by atoms with Gasteiger partial charge in [-0.05, 0) is 50.2 Å². The van der Waals surface area contributed by atoms with Crippen molar-refractivity contribution >= 4 is 16.8 Å². The van der Waals surface area contributed by atoms with Crippen LogP contribution in [0, 0.1) is 11.8 Å². The third-order valence-corrected chi connectivity index (χ3v) is 5.83. The SMILES string of the molecule is CC(C)C[C@@H]1CN(C(=O)CCCc2c[nH]c3ccccc23)CC[C@]1(C)O. The number of nitrogens with zero attached hydrogens (tertiary/aromatic N) is 1. The Bertz CT molecular complexity index is 747. The Morgan fingerprint density at radius 2 is 2.15 bits per heavy atom. The van der Waals surface area contributed by atoms with Crippen molar-refractivity contribution in [2.45, 2.75) is 58.5 Å². The van der Waals surface area contributed by atoms with E-state index in [1.165, 1.54) is 10.9 Å². The fourth-order valence-electron chi connectivity index (χ4n) is 4.17. The largest absolute Gasteiger partial charge is 0.390 e. The zero-order valence-electron chi connectivity index (χ0n) is 16.3. The maximum Gasteiger partial charge on any atom is 0.222 e. The number of hydrogen-bond acceptors (Lipinski definition) is 2. The predicted octanol–water partition coefficient (Wildman–Crippen LogP) is 4.14. The van der Waals surface area contributed by atoms with Crippen LogP contribution in [0.4, 0.5) is 0 Å². The zero-order chi connectivity index (χ0) is 18.7. The van der Waals surface area contributed by atoms with Crippen molar-refractivity contribution < 1.29 is 9.90 Å². The lowest BCUT2D eigenvalue weighted by Crippen LogP contribution is -2.52. The van der Waals surface area contributed by atoms with Crippen molar-refractivity contribution in [3.05, 3.63) is 36.0 Å². The van der Waals surface area contributed by atoms with Crippen molar-refractivity contribution in [1.82, 2.24) is 9.88 Å². The number of likely N-dealkylation sites (tertiary alicyclic amines) is 1. The molecule has 0 spiro atoms. The average molecular weight is 357 g/mol. The fourth-order valence-corrected chi connectivity index (χ4v) is 4.17. The van der Waals surface area contributed by atoms with Crippen LogP contribution in [0.2, 0.25) is 0 Å². The molecule has 0 radical (unpaired) electrons. The van der Waals surface area contributed by atoms with E-state index >= 15 is 0 Å². The van der Waals surface area contributed by atoms with Gasteiger partial charge in [0.2, 0.25) is 5.91 Å². The number of carbonyl (C=O) groups excluding carboxylic acids is 1. The number of aromatic amines is 1. The number of aliphatic hydroxyl groups is 1. The first-order chi connectivity index (χ1) is 12.4. The highest BCUT2D eigenvalue weighted by Gasteiger charge is 2.38. The standard InChI is InChI=1S/C22H32N2O2/c1-16(2)13-18-15-24(12-11-22(18,3)26)21(25)10-6-7-17-14-23-20-9-5-4-8-19(17)20/h4-5,8-9,14,16,18,23,26H,6-7,10-13,15H2,1-3H3/t18-,22+/m1/s1. The zero-order valence-corrected chi connectivity index (χ0v) is 16.3. The molecule has 0 saturated carbocycles. The number of amides is 1. The molecule has 0 aliphatic carbocycles. The van der Waals surface area contributed by atoms with Crippen molar-refractivity contribution in [2.75, 3.05) is 13.1 Å². The van der Waals surface area contributed by atoms with Crippen LogP contribution in [0.3, 0.4) is 0 Å². The lowest BCUT2D eigenvalue weighted by Gasteiger charge is -2.43. The summed E-state index contributed by atoms with van der Waals surface area (Å²) < 4.78 is 0. The molecule has 1 amide bonds. The van der Waals surface area contributed by atoms with Gasteiger partial charge in [-0.2, -0.15) is 0 Å². The van der Waals surface area contributed by atoms with Gasteiger partial charge in [0.25, 0.3) is 0 Å². The summed E-state index contributed by atoms with van der Waals surface area (Å²) in [7, 11) is 0. The lowest BCUT2D eigenvalue weighted by atomic mass is 9.78. The van der Waals surface area contributed by atoms with Crippen LogP contribution in [0.1, 0.15) is 52.0 Å². The summed E-state index contributed by atoms with van der Waals surface area (Å²) in [4.78, 5) is 17.9. The molecule has 2 atom stereocenters. The minimum Gasteiger partial charge on any atom is -0.390 e. The van der Waals surface area contributed by atoms with E-state index < -0.39 is 5.60 Å². The summed E-state index contributed by atoms with van der Waals surface area (Å²) >= 11 is 0. The van der Waals surface area contributed by atoms with Gasteiger partial charge in [0.1, 0.15) is 0 Å². The Balaban J connectivity index is 1.53. The number of aromatic nitrogens is 1. The van der Waals surface area contributed by atoms with E-state index in [4.69, 9.17) is 0 Å². The van der Waals surface area contributed by atoms with Crippen LogP contribution in [-0.2, 0) is 11.2 Å². The molecule has 1 aliphatic rings. The fraction of sp³-hybridized carbons (Fsp3) is 0.591. The summed E-state index contributed by atoms with van der Waals surface area (Å²) in [6.07, 6.45) is 6.06. The molecule has 1 aliphatic heterocycles. The molecule has 2 aromatic rings. The van der Waals surface area contributed by atoms with Gasteiger partial charge < -0.3 is 15.0 Å². The molecule has 1 aromatic heterocycles. The minimum atomic E-state index is -0.648. The number of H-pyrrole nitrogens is 1. The number of hydrogen-bond donors (Lipinski definition) is 2. The molecule has 0 bridgehead atoms. The van der Waals surface area contributed by atoms with E-state index in [9.17, 15) is 9.90 Å². The highest BCUT2D eigenvalue weighted by Crippen LogP contribution is 2.32. The van der Waals surface area contributed by atoms with Crippen molar-refractivity contribution in [3.63, 3.8) is 0 Å². The topological polar surface area (TPSA) is 56.3 Å². The van der Waals surface area contributed by atoms with Gasteiger partial charge in [-0.25, -0.2) is 0 Å². The summed E-state index contributed by atoms with van der Waals surface area (Å²) in [6, 6.07) is 8.30. The number of carbonyl (C=O) groups is 1. The van der Waals surface area contributed by atoms with Gasteiger partial charge in [-0.3, -0.25) is 4.79 Å². The monoisotopic (exact) mass is 356 g/mol. The van der Waals surface area contributed by atoms with Crippen LogP contribution >= 0.6 is 0 Å². The van der Waals surface area contributed by atoms with Crippen molar-refractivity contribution in [3.8, 4) is 0 Å². The molecular weight excluding hydrogens is 324 g/mol. The summed E-state index contributed by atoms with van der Waals surface area (Å²) in [5.74, 6) is 0.936.